The fourth-order valence-corrected chi connectivity index (χ4v) is 2.88. The van der Waals surface area contributed by atoms with Crippen molar-refractivity contribution in [2.45, 2.75) is 51.2 Å². The molecule has 2 atom stereocenters. The van der Waals surface area contributed by atoms with Crippen LogP contribution in [-0.2, 0) is 19.1 Å². The van der Waals surface area contributed by atoms with Gasteiger partial charge in [0.2, 0.25) is 11.8 Å². The summed E-state index contributed by atoms with van der Waals surface area (Å²) in [4.78, 5) is 35.7. The third-order valence-corrected chi connectivity index (χ3v) is 4.20. The van der Waals surface area contributed by atoms with Crippen LogP contribution in [-0.4, -0.2) is 36.4 Å². The quantitative estimate of drug-likeness (QED) is 0.698. The monoisotopic (exact) mass is 268 g/mol. The number of primary amides is 1. The summed E-state index contributed by atoms with van der Waals surface area (Å²) in [5.41, 5.74) is 4.28. The smallest absolute Gasteiger partial charge is 0.236 e. The van der Waals surface area contributed by atoms with Gasteiger partial charge >= 0.3 is 0 Å². The van der Waals surface area contributed by atoms with Gasteiger partial charge in [0.25, 0.3) is 0 Å². The Labute approximate surface area is 112 Å². The fraction of sp³-hybridized carbons (Fsp3) is 0.769. The topological polar surface area (TPSA) is 98.5 Å². The van der Waals surface area contributed by atoms with Gasteiger partial charge in [0.05, 0.1) is 6.10 Å². The number of nitrogens with two attached hydrogens (primary N) is 1. The van der Waals surface area contributed by atoms with Crippen molar-refractivity contribution in [2.75, 3.05) is 6.61 Å². The van der Waals surface area contributed by atoms with Crippen molar-refractivity contribution < 1.29 is 19.1 Å². The first-order chi connectivity index (χ1) is 8.97. The van der Waals surface area contributed by atoms with Crippen LogP contribution in [0.2, 0.25) is 0 Å². The lowest BCUT2D eigenvalue weighted by Gasteiger charge is -2.33. The third kappa shape index (κ3) is 2.49. The van der Waals surface area contributed by atoms with Crippen LogP contribution >= 0.6 is 0 Å². The Kier molecular flexibility index (Phi) is 3.89. The summed E-state index contributed by atoms with van der Waals surface area (Å²) in [6.45, 7) is 1.74. The maximum absolute atomic E-state index is 12.4. The van der Waals surface area contributed by atoms with Gasteiger partial charge in [0, 0.05) is 0 Å². The molecule has 0 aromatic carbocycles. The van der Waals surface area contributed by atoms with Crippen LogP contribution in [0.5, 0.6) is 0 Å². The predicted molar refractivity (Wildman–Crippen MR) is 67.1 cm³/mol. The molecule has 2 amide bonds. The van der Waals surface area contributed by atoms with Crippen LogP contribution in [0, 0.1) is 5.41 Å². The number of hydrogen-bond donors (Lipinski definition) is 2. The zero-order valence-electron chi connectivity index (χ0n) is 11.1. The van der Waals surface area contributed by atoms with E-state index in [4.69, 9.17) is 10.5 Å². The molecule has 1 heterocycles. The molecule has 19 heavy (non-hydrogen) atoms. The minimum atomic E-state index is -1.15. The van der Waals surface area contributed by atoms with Crippen molar-refractivity contribution in [3.63, 3.8) is 0 Å². The molecule has 0 spiro atoms. The van der Waals surface area contributed by atoms with Gasteiger partial charge in [-0.25, -0.2) is 0 Å². The van der Waals surface area contributed by atoms with E-state index < -0.39 is 23.3 Å². The number of carbonyl (C=O) groups excluding carboxylic acids is 3. The largest absolute Gasteiger partial charge is 0.369 e. The van der Waals surface area contributed by atoms with Crippen LogP contribution < -0.4 is 11.1 Å². The second-order valence-corrected chi connectivity index (χ2v) is 5.44. The van der Waals surface area contributed by atoms with E-state index in [0.29, 0.717) is 12.8 Å². The van der Waals surface area contributed by atoms with Gasteiger partial charge in [-0.05, 0) is 19.8 Å². The highest BCUT2D eigenvalue weighted by Gasteiger charge is 2.47. The van der Waals surface area contributed by atoms with Gasteiger partial charge in [-0.15, -0.1) is 0 Å². The molecular formula is C13H20N2O4. The van der Waals surface area contributed by atoms with Gasteiger partial charge in [-0.1, -0.05) is 19.3 Å². The van der Waals surface area contributed by atoms with Gasteiger partial charge in [-0.3, -0.25) is 14.4 Å². The predicted octanol–water partition coefficient (Wildman–Crippen LogP) is -0.105. The van der Waals surface area contributed by atoms with E-state index in [9.17, 15) is 14.4 Å². The molecule has 1 aliphatic carbocycles. The Hall–Kier alpha value is -1.43. The number of rotatable bonds is 3. The lowest BCUT2D eigenvalue weighted by atomic mass is 9.72. The van der Waals surface area contributed by atoms with Crippen molar-refractivity contribution >= 4 is 17.6 Å². The molecule has 0 aromatic rings. The second kappa shape index (κ2) is 5.28. The Morgan fingerprint density at radius 3 is 2.42 bits per heavy atom. The normalized spacial score (nSPS) is 30.1. The number of amides is 2. The van der Waals surface area contributed by atoms with Crippen molar-refractivity contribution in [3.05, 3.63) is 0 Å². The van der Waals surface area contributed by atoms with Gasteiger partial charge < -0.3 is 15.8 Å². The Balaban J connectivity index is 2.12. The molecule has 2 fully saturated rings. The maximum Gasteiger partial charge on any atom is 0.236 e. The molecule has 1 saturated heterocycles. The summed E-state index contributed by atoms with van der Waals surface area (Å²) in [5, 5.41) is 2.66. The first kappa shape index (κ1) is 14.0. The number of Topliss-reactive ketones (excluding diaryl/α,β-unsaturated/α-hetero) is 1. The molecular weight excluding hydrogens is 248 g/mol. The van der Waals surface area contributed by atoms with Gasteiger partial charge in [0.1, 0.15) is 18.1 Å². The highest BCUT2D eigenvalue weighted by molar-refractivity contribution is 6.06. The number of ether oxygens (including phenoxy) is 1. The summed E-state index contributed by atoms with van der Waals surface area (Å²) in [6, 6.07) is -0.661. The molecule has 0 aromatic heterocycles. The summed E-state index contributed by atoms with van der Waals surface area (Å²) in [7, 11) is 0. The Morgan fingerprint density at radius 1 is 1.32 bits per heavy atom. The summed E-state index contributed by atoms with van der Waals surface area (Å²) in [6.07, 6.45) is 3.19. The maximum atomic E-state index is 12.4. The summed E-state index contributed by atoms with van der Waals surface area (Å²) >= 11 is 0. The zero-order valence-corrected chi connectivity index (χ0v) is 11.1. The zero-order chi connectivity index (χ0) is 14.0. The minimum absolute atomic E-state index is 0.00961. The third-order valence-electron chi connectivity index (χ3n) is 4.20. The first-order valence-corrected chi connectivity index (χ1v) is 6.72. The van der Waals surface area contributed by atoms with Crippen molar-refractivity contribution in [1.82, 2.24) is 5.32 Å². The molecule has 0 radical (unpaired) electrons. The van der Waals surface area contributed by atoms with Crippen LogP contribution in [0.25, 0.3) is 0 Å². The minimum Gasteiger partial charge on any atom is -0.369 e. The van der Waals surface area contributed by atoms with E-state index in [-0.39, 0.29) is 18.5 Å². The number of hydrogen-bond acceptors (Lipinski definition) is 4. The SMILES string of the molecule is C[C@H]1OCC(=O)[C@H]1NC(=O)C1(C(N)=O)CCCCC1. The molecule has 2 aliphatic rings. The lowest BCUT2D eigenvalue weighted by molar-refractivity contribution is -0.145. The van der Waals surface area contributed by atoms with Crippen molar-refractivity contribution in [3.8, 4) is 0 Å². The molecule has 1 aliphatic heterocycles. The van der Waals surface area contributed by atoms with E-state index in [0.717, 1.165) is 19.3 Å². The lowest BCUT2D eigenvalue weighted by Crippen LogP contribution is -2.55. The second-order valence-electron chi connectivity index (χ2n) is 5.44. The van der Waals surface area contributed by atoms with E-state index >= 15 is 0 Å². The molecule has 2 rings (SSSR count). The van der Waals surface area contributed by atoms with Gasteiger partial charge in [0.15, 0.2) is 5.78 Å². The van der Waals surface area contributed by atoms with E-state index in [1.54, 1.807) is 6.92 Å². The van der Waals surface area contributed by atoms with Crippen LogP contribution in [0.1, 0.15) is 39.0 Å². The molecule has 3 N–H and O–H groups in total. The number of ketones is 1. The Bertz CT molecular complexity index is 401. The number of nitrogens with one attached hydrogen (secondary N) is 1. The Morgan fingerprint density at radius 2 is 1.95 bits per heavy atom. The average Bonchev–Trinajstić information content (AvgIpc) is 2.71. The molecule has 106 valence electrons. The molecule has 6 heteroatoms. The average molecular weight is 268 g/mol. The number of carbonyl (C=O) groups is 3. The highest BCUT2D eigenvalue weighted by atomic mass is 16.5. The van der Waals surface area contributed by atoms with E-state index in [1.807, 2.05) is 0 Å². The van der Waals surface area contributed by atoms with Crippen molar-refractivity contribution in [1.29, 1.82) is 0 Å². The molecule has 0 bridgehead atoms. The standard InChI is InChI=1S/C13H20N2O4/c1-8-10(9(16)7-19-8)15-12(18)13(11(14)17)5-3-2-4-6-13/h8,10H,2-7H2,1H3,(H2,14,17)(H,15,18)/t8-,10+/m1/s1. The van der Waals surface area contributed by atoms with E-state index in [2.05, 4.69) is 5.32 Å². The van der Waals surface area contributed by atoms with Gasteiger partial charge in [-0.2, -0.15) is 0 Å². The molecule has 6 nitrogen and oxygen atoms in total. The summed E-state index contributed by atoms with van der Waals surface area (Å²) in [5.74, 6) is -1.17. The van der Waals surface area contributed by atoms with Crippen LogP contribution in [0.15, 0.2) is 0 Å². The van der Waals surface area contributed by atoms with E-state index in [1.165, 1.54) is 0 Å². The highest BCUT2D eigenvalue weighted by Crippen LogP contribution is 2.36. The molecule has 1 saturated carbocycles. The fourth-order valence-electron chi connectivity index (χ4n) is 2.88. The van der Waals surface area contributed by atoms with Crippen LogP contribution in [0.3, 0.4) is 0 Å². The van der Waals surface area contributed by atoms with Crippen molar-refractivity contribution in [2.24, 2.45) is 11.1 Å². The van der Waals surface area contributed by atoms with Crippen LogP contribution in [0.4, 0.5) is 0 Å². The first-order valence-electron chi connectivity index (χ1n) is 6.72. The molecule has 0 unspecified atom stereocenters. The summed E-state index contributed by atoms with van der Waals surface area (Å²) < 4.78 is 5.18.